The number of amides is 4. The number of nitrogens with one attached hydrogen (secondary N) is 2. The molecule has 4 amide bonds. The number of imide groups is 1. The molecule has 2 N–H and O–H groups in total. The summed E-state index contributed by atoms with van der Waals surface area (Å²) in [4.78, 5) is 36.9. The first-order valence-corrected chi connectivity index (χ1v) is 7.22. The topological polar surface area (TPSA) is 78.5 Å². The molecule has 0 saturated carbocycles. The molecule has 0 radical (unpaired) electrons. The molecular weight excluding hydrogens is 308 g/mol. The number of nitrogens with zero attached hydrogens (tertiary/aromatic N) is 1. The third-order valence-corrected chi connectivity index (χ3v) is 3.98. The first kappa shape index (κ1) is 16.9. The maximum absolute atomic E-state index is 13.5. The monoisotopic (exact) mass is 325 g/mol. The van der Waals surface area contributed by atoms with Crippen LogP contribution in [0.1, 0.15) is 26.7 Å². The van der Waals surface area contributed by atoms with Crippen LogP contribution < -0.4 is 10.6 Å². The highest BCUT2D eigenvalue weighted by Crippen LogP contribution is 2.25. The Kier molecular flexibility index (Phi) is 4.63. The van der Waals surface area contributed by atoms with Crippen molar-refractivity contribution >= 4 is 23.5 Å². The van der Waals surface area contributed by atoms with Crippen molar-refractivity contribution in [3.05, 3.63) is 29.8 Å². The number of halogens is 2. The maximum Gasteiger partial charge on any atom is 0.325 e. The molecule has 124 valence electrons. The third kappa shape index (κ3) is 3.01. The van der Waals surface area contributed by atoms with Gasteiger partial charge in [-0.3, -0.25) is 14.5 Å². The zero-order valence-electron chi connectivity index (χ0n) is 12.8. The van der Waals surface area contributed by atoms with Crippen molar-refractivity contribution in [2.24, 2.45) is 0 Å². The SMILES string of the molecule is CCC1(CC)NC(=O)N(CC(=O)Nc2c(F)cccc2F)C1=O. The second-order valence-corrected chi connectivity index (χ2v) is 5.26. The van der Waals surface area contributed by atoms with Gasteiger partial charge in [0.2, 0.25) is 5.91 Å². The fourth-order valence-corrected chi connectivity index (χ4v) is 2.49. The maximum atomic E-state index is 13.5. The van der Waals surface area contributed by atoms with Crippen molar-refractivity contribution in [1.29, 1.82) is 0 Å². The van der Waals surface area contributed by atoms with Crippen LogP contribution in [0.3, 0.4) is 0 Å². The van der Waals surface area contributed by atoms with Crippen LogP contribution >= 0.6 is 0 Å². The van der Waals surface area contributed by atoms with Crippen LogP contribution in [0.15, 0.2) is 18.2 Å². The summed E-state index contributed by atoms with van der Waals surface area (Å²) in [5.74, 6) is -3.25. The molecular formula is C15H17F2N3O3. The van der Waals surface area contributed by atoms with Gasteiger partial charge >= 0.3 is 6.03 Å². The summed E-state index contributed by atoms with van der Waals surface area (Å²) in [5, 5.41) is 4.61. The summed E-state index contributed by atoms with van der Waals surface area (Å²) < 4.78 is 27.0. The van der Waals surface area contributed by atoms with Gasteiger partial charge in [-0.1, -0.05) is 19.9 Å². The van der Waals surface area contributed by atoms with E-state index in [1.54, 1.807) is 13.8 Å². The van der Waals surface area contributed by atoms with E-state index in [0.717, 1.165) is 23.1 Å². The summed E-state index contributed by atoms with van der Waals surface area (Å²) >= 11 is 0. The minimum Gasteiger partial charge on any atom is -0.323 e. The number of hydrogen-bond donors (Lipinski definition) is 2. The lowest BCUT2D eigenvalue weighted by Crippen LogP contribution is -2.46. The van der Waals surface area contributed by atoms with Crippen LogP contribution in [0.5, 0.6) is 0 Å². The standard InChI is InChI=1S/C15H17F2N3O3/c1-3-15(4-2)13(22)20(14(23)19-15)8-11(21)18-12-9(16)6-5-7-10(12)17/h5-7H,3-4,8H2,1-2H3,(H,18,21)(H,19,23). The minimum atomic E-state index is -1.03. The molecule has 1 heterocycles. The van der Waals surface area contributed by atoms with Gasteiger partial charge in [-0.2, -0.15) is 0 Å². The smallest absolute Gasteiger partial charge is 0.323 e. The zero-order valence-corrected chi connectivity index (χ0v) is 12.8. The fraction of sp³-hybridized carbons (Fsp3) is 0.400. The van der Waals surface area contributed by atoms with E-state index in [2.05, 4.69) is 5.32 Å². The number of para-hydroxylation sites is 1. The van der Waals surface area contributed by atoms with Crippen molar-refractivity contribution in [2.45, 2.75) is 32.2 Å². The summed E-state index contributed by atoms with van der Waals surface area (Å²) in [6.45, 7) is 2.89. The van der Waals surface area contributed by atoms with Crippen LogP contribution in [-0.4, -0.2) is 34.8 Å². The first-order valence-electron chi connectivity index (χ1n) is 7.22. The van der Waals surface area contributed by atoms with Crippen LogP contribution in [-0.2, 0) is 9.59 Å². The van der Waals surface area contributed by atoms with Crippen LogP contribution in [0.2, 0.25) is 0 Å². The van der Waals surface area contributed by atoms with Crippen molar-refractivity contribution in [3.8, 4) is 0 Å². The predicted octanol–water partition coefficient (Wildman–Crippen LogP) is 2.01. The number of hydrogen-bond acceptors (Lipinski definition) is 3. The van der Waals surface area contributed by atoms with E-state index < -0.39 is 47.3 Å². The Morgan fingerprint density at radius 2 is 1.78 bits per heavy atom. The molecule has 1 saturated heterocycles. The first-order chi connectivity index (χ1) is 10.8. The molecule has 0 bridgehead atoms. The number of carbonyl (C=O) groups excluding carboxylic acids is 3. The molecule has 0 aromatic heterocycles. The normalized spacial score (nSPS) is 16.4. The van der Waals surface area contributed by atoms with Crippen molar-refractivity contribution in [1.82, 2.24) is 10.2 Å². The average molecular weight is 325 g/mol. The molecule has 23 heavy (non-hydrogen) atoms. The largest absolute Gasteiger partial charge is 0.325 e. The van der Waals surface area contributed by atoms with E-state index in [1.165, 1.54) is 0 Å². The number of urea groups is 1. The Morgan fingerprint density at radius 3 is 2.26 bits per heavy atom. The van der Waals surface area contributed by atoms with E-state index >= 15 is 0 Å². The molecule has 2 rings (SSSR count). The van der Waals surface area contributed by atoms with Crippen LogP contribution in [0.4, 0.5) is 19.3 Å². The zero-order chi connectivity index (χ0) is 17.2. The van der Waals surface area contributed by atoms with Gasteiger partial charge < -0.3 is 10.6 Å². The molecule has 1 aromatic rings. The highest BCUT2D eigenvalue weighted by Gasteiger charge is 2.49. The lowest BCUT2D eigenvalue weighted by Gasteiger charge is -2.23. The molecule has 8 heteroatoms. The highest BCUT2D eigenvalue weighted by atomic mass is 19.1. The summed E-state index contributed by atoms with van der Waals surface area (Å²) in [5.41, 5.74) is -1.64. The second kappa shape index (κ2) is 6.31. The third-order valence-electron chi connectivity index (χ3n) is 3.98. The lowest BCUT2D eigenvalue weighted by molar-refractivity contribution is -0.134. The van der Waals surface area contributed by atoms with Crippen molar-refractivity contribution in [2.75, 3.05) is 11.9 Å². The number of benzene rings is 1. The van der Waals surface area contributed by atoms with Crippen LogP contribution in [0, 0.1) is 11.6 Å². The molecule has 0 aliphatic carbocycles. The number of rotatable bonds is 5. The molecule has 0 spiro atoms. The quantitative estimate of drug-likeness (QED) is 0.813. The Bertz CT molecular complexity index is 639. The van der Waals surface area contributed by atoms with Crippen molar-refractivity contribution < 1.29 is 23.2 Å². The Hall–Kier alpha value is -2.51. The second-order valence-electron chi connectivity index (χ2n) is 5.26. The van der Waals surface area contributed by atoms with Gasteiger partial charge in [-0.15, -0.1) is 0 Å². The minimum absolute atomic E-state index is 0.383. The van der Waals surface area contributed by atoms with Gasteiger partial charge in [0.25, 0.3) is 5.91 Å². The molecule has 1 aliphatic rings. The Labute approximate surface area is 131 Å². The molecule has 0 unspecified atom stereocenters. The van der Waals surface area contributed by atoms with Crippen molar-refractivity contribution in [3.63, 3.8) is 0 Å². The Morgan fingerprint density at radius 1 is 1.22 bits per heavy atom. The van der Waals surface area contributed by atoms with Crippen LogP contribution in [0.25, 0.3) is 0 Å². The van der Waals surface area contributed by atoms with E-state index in [0.29, 0.717) is 12.8 Å². The summed E-state index contributed by atoms with van der Waals surface area (Å²) in [6.07, 6.45) is 0.766. The molecule has 1 aromatic carbocycles. The average Bonchev–Trinajstić information content (AvgIpc) is 2.76. The van der Waals surface area contributed by atoms with Gasteiger partial charge in [0.1, 0.15) is 29.4 Å². The van der Waals surface area contributed by atoms with E-state index in [9.17, 15) is 23.2 Å². The molecule has 6 nitrogen and oxygen atoms in total. The summed E-state index contributed by atoms with van der Waals surface area (Å²) in [6, 6.07) is 2.45. The van der Waals surface area contributed by atoms with E-state index in [-0.39, 0.29) is 0 Å². The van der Waals surface area contributed by atoms with E-state index in [4.69, 9.17) is 0 Å². The molecule has 0 atom stereocenters. The molecule has 1 aliphatic heterocycles. The van der Waals surface area contributed by atoms with Gasteiger partial charge in [0.15, 0.2) is 0 Å². The number of carbonyl (C=O) groups is 3. The van der Waals surface area contributed by atoms with Gasteiger partial charge in [-0.25, -0.2) is 13.6 Å². The van der Waals surface area contributed by atoms with E-state index in [1.807, 2.05) is 5.32 Å². The molecule has 1 fully saturated rings. The number of anilines is 1. The van der Waals surface area contributed by atoms with Gasteiger partial charge in [0, 0.05) is 0 Å². The lowest BCUT2D eigenvalue weighted by atomic mass is 9.93. The predicted molar refractivity (Wildman–Crippen MR) is 78.5 cm³/mol. The van der Waals surface area contributed by atoms with Gasteiger partial charge in [0.05, 0.1) is 0 Å². The highest BCUT2D eigenvalue weighted by molar-refractivity contribution is 6.10. The van der Waals surface area contributed by atoms with Gasteiger partial charge in [-0.05, 0) is 25.0 Å². The summed E-state index contributed by atoms with van der Waals surface area (Å²) in [7, 11) is 0. The Balaban J connectivity index is 2.12. The fourth-order valence-electron chi connectivity index (χ4n) is 2.49.